The predicted octanol–water partition coefficient (Wildman–Crippen LogP) is 3.09. The summed E-state index contributed by atoms with van der Waals surface area (Å²) < 4.78 is 14.4. The van der Waals surface area contributed by atoms with Crippen molar-refractivity contribution in [2.75, 3.05) is 7.05 Å². The highest BCUT2D eigenvalue weighted by molar-refractivity contribution is 5.97. The molecule has 6 nitrogen and oxygen atoms in total. The highest BCUT2D eigenvalue weighted by atomic mass is 19.1. The van der Waals surface area contributed by atoms with Gasteiger partial charge in [-0.2, -0.15) is 0 Å². The van der Waals surface area contributed by atoms with Gasteiger partial charge in [-0.1, -0.05) is 30.3 Å². The second kappa shape index (κ2) is 7.79. The summed E-state index contributed by atoms with van der Waals surface area (Å²) in [5.74, 6) is -0.680. The highest BCUT2D eigenvalue weighted by Crippen LogP contribution is 2.14. The minimum Gasteiger partial charge on any atom is -0.337 e. The Bertz CT molecular complexity index is 1360. The Hall–Kier alpha value is -4.00. The maximum Gasteiger partial charge on any atom is 0.333 e. The summed E-state index contributed by atoms with van der Waals surface area (Å²) in [6.45, 7) is 0.223. The van der Waals surface area contributed by atoms with E-state index in [2.05, 4.69) is 4.98 Å². The van der Waals surface area contributed by atoms with Crippen LogP contribution in [0.5, 0.6) is 0 Å². The zero-order chi connectivity index (χ0) is 21.3. The number of halogens is 1. The summed E-state index contributed by atoms with van der Waals surface area (Å²) >= 11 is 0. The van der Waals surface area contributed by atoms with Crippen molar-refractivity contribution in [1.29, 1.82) is 0 Å². The van der Waals surface area contributed by atoms with Crippen molar-refractivity contribution in [3.63, 3.8) is 0 Å². The lowest BCUT2D eigenvalue weighted by Gasteiger charge is -2.17. The van der Waals surface area contributed by atoms with E-state index in [1.807, 2.05) is 0 Å². The second-order valence-electron chi connectivity index (χ2n) is 6.96. The maximum atomic E-state index is 13.4. The Balaban J connectivity index is 1.69. The van der Waals surface area contributed by atoms with Crippen molar-refractivity contribution in [3.8, 4) is 5.69 Å². The Morgan fingerprint density at radius 1 is 1.00 bits per heavy atom. The van der Waals surface area contributed by atoms with Crippen LogP contribution in [0.1, 0.15) is 15.9 Å². The summed E-state index contributed by atoms with van der Waals surface area (Å²) in [6.07, 6.45) is 0. The Labute approximate surface area is 170 Å². The van der Waals surface area contributed by atoms with Gasteiger partial charge in [-0.05, 0) is 48.0 Å². The summed E-state index contributed by atoms with van der Waals surface area (Å²) in [7, 11) is 1.60. The van der Waals surface area contributed by atoms with Gasteiger partial charge >= 0.3 is 5.69 Å². The van der Waals surface area contributed by atoms with Crippen molar-refractivity contribution in [1.82, 2.24) is 14.5 Å². The molecule has 0 bridgehead atoms. The number of carbonyl (C=O) groups excluding carboxylic acids is 1. The molecule has 150 valence electrons. The fourth-order valence-corrected chi connectivity index (χ4v) is 3.36. The molecule has 1 N–H and O–H groups in total. The molecule has 1 amide bonds. The molecule has 3 aromatic carbocycles. The first-order valence-corrected chi connectivity index (χ1v) is 9.28. The number of benzene rings is 3. The van der Waals surface area contributed by atoms with E-state index in [0.29, 0.717) is 22.2 Å². The topological polar surface area (TPSA) is 75.2 Å². The van der Waals surface area contributed by atoms with Gasteiger partial charge in [-0.3, -0.25) is 9.59 Å². The van der Waals surface area contributed by atoms with Crippen LogP contribution in [0, 0.1) is 5.82 Å². The zero-order valence-electron chi connectivity index (χ0n) is 16.1. The first-order chi connectivity index (χ1) is 14.4. The third-order valence-electron chi connectivity index (χ3n) is 4.81. The Morgan fingerprint density at radius 3 is 2.50 bits per heavy atom. The van der Waals surface area contributed by atoms with Gasteiger partial charge in [0.25, 0.3) is 11.5 Å². The second-order valence-corrected chi connectivity index (χ2v) is 6.96. The van der Waals surface area contributed by atoms with E-state index < -0.39 is 11.2 Å². The molecule has 30 heavy (non-hydrogen) atoms. The van der Waals surface area contributed by atoms with Gasteiger partial charge in [0.15, 0.2) is 0 Å². The standard InChI is InChI=1S/C23H18FN3O3/c1-26(14-15-6-5-7-17(24)12-15)21(28)16-10-11-19-20(13-16)25-23(30)27(22(19)29)18-8-3-2-4-9-18/h2-13H,14H2,1H3,(H,25,30). The van der Waals surface area contributed by atoms with Crippen LogP contribution >= 0.6 is 0 Å². The van der Waals surface area contributed by atoms with Crippen molar-refractivity contribution >= 4 is 16.8 Å². The van der Waals surface area contributed by atoms with Crippen LogP contribution in [0.25, 0.3) is 16.6 Å². The van der Waals surface area contributed by atoms with Gasteiger partial charge in [0.2, 0.25) is 0 Å². The number of hydrogen-bond acceptors (Lipinski definition) is 3. The zero-order valence-corrected chi connectivity index (χ0v) is 16.1. The minimum absolute atomic E-state index is 0.223. The van der Waals surface area contributed by atoms with Gasteiger partial charge in [0.1, 0.15) is 5.82 Å². The van der Waals surface area contributed by atoms with E-state index in [0.717, 1.165) is 4.57 Å². The Kier molecular flexibility index (Phi) is 5.02. The normalized spacial score (nSPS) is 10.9. The number of fused-ring (bicyclic) bond motifs is 1. The quantitative estimate of drug-likeness (QED) is 0.569. The van der Waals surface area contributed by atoms with Gasteiger partial charge in [0.05, 0.1) is 16.6 Å². The number of nitrogens with zero attached hydrogens (tertiary/aromatic N) is 2. The molecule has 0 saturated heterocycles. The third-order valence-corrected chi connectivity index (χ3v) is 4.81. The monoisotopic (exact) mass is 403 g/mol. The molecule has 0 saturated carbocycles. The number of para-hydroxylation sites is 1. The van der Waals surface area contributed by atoms with E-state index in [1.165, 1.54) is 29.2 Å². The largest absolute Gasteiger partial charge is 0.337 e. The molecule has 4 aromatic rings. The third kappa shape index (κ3) is 3.65. The number of amides is 1. The lowest BCUT2D eigenvalue weighted by molar-refractivity contribution is 0.0785. The summed E-state index contributed by atoms with van der Waals surface area (Å²) in [5.41, 5.74) is 0.658. The Morgan fingerprint density at radius 2 is 1.77 bits per heavy atom. The number of hydrogen-bond donors (Lipinski definition) is 1. The predicted molar refractivity (Wildman–Crippen MR) is 112 cm³/mol. The van der Waals surface area contributed by atoms with E-state index in [9.17, 15) is 18.8 Å². The molecular weight excluding hydrogens is 385 g/mol. The molecule has 0 aliphatic rings. The minimum atomic E-state index is -0.587. The molecule has 1 aromatic heterocycles. The van der Waals surface area contributed by atoms with Gasteiger partial charge < -0.3 is 9.88 Å². The molecule has 0 fully saturated rings. The maximum absolute atomic E-state index is 13.4. The average Bonchev–Trinajstić information content (AvgIpc) is 2.73. The molecule has 1 heterocycles. The van der Waals surface area contributed by atoms with Crippen LogP contribution in [0.2, 0.25) is 0 Å². The van der Waals surface area contributed by atoms with Crippen molar-refractivity contribution < 1.29 is 9.18 Å². The molecule has 0 aliphatic heterocycles. The first kappa shape index (κ1) is 19.3. The lowest BCUT2D eigenvalue weighted by atomic mass is 10.1. The molecule has 0 atom stereocenters. The molecule has 4 rings (SSSR count). The van der Waals surface area contributed by atoms with Gasteiger partial charge in [0, 0.05) is 19.2 Å². The van der Waals surface area contributed by atoms with E-state index >= 15 is 0 Å². The SMILES string of the molecule is CN(Cc1cccc(F)c1)C(=O)c1ccc2c(=O)n(-c3ccccc3)c(=O)[nH]c2c1. The van der Waals surface area contributed by atoms with E-state index in [-0.39, 0.29) is 23.8 Å². The molecule has 0 radical (unpaired) electrons. The molecular formula is C23H18FN3O3. The van der Waals surface area contributed by atoms with Crippen molar-refractivity contribution in [3.05, 3.63) is 111 Å². The fraction of sp³-hybridized carbons (Fsp3) is 0.0870. The van der Waals surface area contributed by atoms with Crippen molar-refractivity contribution in [2.45, 2.75) is 6.54 Å². The van der Waals surface area contributed by atoms with Crippen LogP contribution in [0.4, 0.5) is 4.39 Å². The number of rotatable bonds is 4. The van der Waals surface area contributed by atoms with Crippen LogP contribution in [-0.4, -0.2) is 27.4 Å². The van der Waals surface area contributed by atoms with Crippen LogP contribution in [0.3, 0.4) is 0 Å². The number of carbonyl (C=O) groups is 1. The number of H-pyrrole nitrogens is 1. The van der Waals surface area contributed by atoms with Crippen LogP contribution < -0.4 is 11.2 Å². The van der Waals surface area contributed by atoms with E-state index in [4.69, 9.17) is 0 Å². The highest BCUT2D eigenvalue weighted by Gasteiger charge is 2.15. The van der Waals surface area contributed by atoms with Gasteiger partial charge in [-0.25, -0.2) is 13.8 Å². The van der Waals surface area contributed by atoms with E-state index in [1.54, 1.807) is 55.6 Å². The smallest absolute Gasteiger partial charge is 0.333 e. The summed E-state index contributed by atoms with van der Waals surface area (Å²) in [6, 6.07) is 19.2. The number of aromatic amines is 1. The molecule has 7 heteroatoms. The number of aromatic nitrogens is 2. The summed E-state index contributed by atoms with van der Waals surface area (Å²) in [5, 5.41) is 0.294. The summed E-state index contributed by atoms with van der Waals surface area (Å²) in [4.78, 5) is 42.3. The number of nitrogens with one attached hydrogen (secondary N) is 1. The molecule has 0 spiro atoms. The average molecular weight is 403 g/mol. The lowest BCUT2D eigenvalue weighted by Crippen LogP contribution is -2.33. The fourth-order valence-electron chi connectivity index (χ4n) is 3.36. The van der Waals surface area contributed by atoms with Crippen molar-refractivity contribution in [2.24, 2.45) is 0 Å². The van der Waals surface area contributed by atoms with Gasteiger partial charge in [-0.15, -0.1) is 0 Å². The molecule has 0 unspecified atom stereocenters. The molecule has 0 aliphatic carbocycles. The van der Waals surface area contributed by atoms with Crippen LogP contribution in [0.15, 0.2) is 82.4 Å². The van der Waals surface area contributed by atoms with Crippen LogP contribution in [-0.2, 0) is 6.54 Å². The first-order valence-electron chi connectivity index (χ1n) is 9.28.